The van der Waals surface area contributed by atoms with E-state index in [0.29, 0.717) is 0 Å². The molecule has 1 N–H and O–H groups in total. The van der Waals surface area contributed by atoms with E-state index in [4.69, 9.17) is 4.42 Å². The van der Waals surface area contributed by atoms with E-state index in [-0.39, 0.29) is 0 Å². The van der Waals surface area contributed by atoms with E-state index in [1.54, 1.807) is 17.6 Å². The largest absolute Gasteiger partial charge is 0.468 e. The van der Waals surface area contributed by atoms with Crippen LogP contribution in [0, 0.1) is 0 Å². The van der Waals surface area contributed by atoms with E-state index in [1.165, 1.54) is 9.35 Å². The average Bonchev–Trinajstić information content (AvgIpc) is 2.96. The van der Waals surface area contributed by atoms with Crippen molar-refractivity contribution in [3.8, 4) is 0 Å². The Morgan fingerprint density at radius 1 is 1.50 bits per heavy atom. The van der Waals surface area contributed by atoms with Crippen LogP contribution in [0.5, 0.6) is 0 Å². The Bertz CT molecular complexity index is 455. The first-order chi connectivity index (χ1) is 8.74. The highest BCUT2D eigenvalue weighted by Crippen LogP contribution is 2.21. The fraction of sp³-hybridized carbons (Fsp3) is 0.385. The number of rotatable bonds is 7. The third kappa shape index (κ3) is 4.57. The maximum absolute atomic E-state index is 5.26. The van der Waals surface area contributed by atoms with Crippen molar-refractivity contribution in [2.75, 3.05) is 20.1 Å². The van der Waals surface area contributed by atoms with Crippen molar-refractivity contribution in [1.29, 1.82) is 0 Å². The van der Waals surface area contributed by atoms with E-state index < -0.39 is 0 Å². The third-order valence-electron chi connectivity index (χ3n) is 2.62. The molecule has 0 saturated carbocycles. The molecule has 0 bridgehead atoms. The van der Waals surface area contributed by atoms with Crippen LogP contribution in [0.15, 0.2) is 38.0 Å². The summed E-state index contributed by atoms with van der Waals surface area (Å²) in [7, 11) is 2.14. The van der Waals surface area contributed by atoms with E-state index >= 15 is 0 Å². The molecule has 0 saturated heterocycles. The molecule has 0 amide bonds. The van der Waals surface area contributed by atoms with Crippen molar-refractivity contribution in [1.82, 2.24) is 10.2 Å². The summed E-state index contributed by atoms with van der Waals surface area (Å²) in [6.07, 6.45) is 1.71. The highest BCUT2D eigenvalue weighted by atomic mass is 79.9. The Labute approximate surface area is 120 Å². The third-order valence-corrected chi connectivity index (χ3v) is 4.18. The molecular weight excluding hydrogens is 312 g/mol. The highest BCUT2D eigenvalue weighted by molar-refractivity contribution is 9.11. The molecule has 98 valence electrons. The number of nitrogens with one attached hydrogen (secondary N) is 1. The fourth-order valence-corrected chi connectivity index (χ4v) is 2.91. The lowest BCUT2D eigenvalue weighted by atomic mass is 10.3. The normalized spacial score (nSPS) is 11.3. The first-order valence-electron chi connectivity index (χ1n) is 5.88. The second-order valence-corrected chi connectivity index (χ2v) is 6.54. The van der Waals surface area contributed by atoms with Gasteiger partial charge in [-0.2, -0.15) is 0 Å². The quantitative estimate of drug-likeness (QED) is 0.790. The maximum atomic E-state index is 5.26. The molecule has 5 heteroatoms. The first-order valence-corrected chi connectivity index (χ1v) is 7.56. The van der Waals surface area contributed by atoms with Crippen molar-refractivity contribution in [3.05, 3.63) is 45.0 Å². The van der Waals surface area contributed by atoms with Crippen molar-refractivity contribution >= 4 is 27.3 Å². The maximum Gasteiger partial charge on any atom is 0.117 e. The predicted octanol–water partition coefficient (Wildman–Crippen LogP) is 3.33. The van der Waals surface area contributed by atoms with E-state index in [0.717, 1.165) is 31.9 Å². The van der Waals surface area contributed by atoms with Gasteiger partial charge in [0.2, 0.25) is 0 Å². The van der Waals surface area contributed by atoms with Gasteiger partial charge < -0.3 is 14.6 Å². The van der Waals surface area contributed by atoms with Crippen LogP contribution in [0.3, 0.4) is 0 Å². The van der Waals surface area contributed by atoms with Gasteiger partial charge >= 0.3 is 0 Å². The van der Waals surface area contributed by atoms with Crippen LogP contribution in [-0.2, 0) is 13.1 Å². The van der Waals surface area contributed by atoms with Gasteiger partial charge in [-0.3, -0.25) is 0 Å². The van der Waals surface area contributed by atoms with Crippen LogP contribution in [0.2, 0.25) is 0 Å². The summed E-state index contributed by atoms with van der Waals surface area (Å²) >= 11 is 5.22. The molecule has 2 heterocycles. The van der Waals surface area contributed by atoms with E-state index in [2.05, 4.69) is 44.6 Å². The molecule has 3 nitrogen and oxygen atoms in total. The second-order valence-electron chi connectivity index (χ2n) is 4.25. The molecule has 0 aliphatic rings. The van der Waals surface area contributed by atoms with E-state index in [1.807, 2.05) is 12.1 Å². The molecule has 0 unspecified atom stereocenters. The zero-order valence-corrected chi connectivity index (χ0v) is 12.8. The minimum Gasteiger partial charge on any atom is -0.468 e. The Morgan fingerprint density at radius 3 is 3.06 bits per heavy atom. The van der Waals surface area contributed by atoms with Gasteiger partial charge in [-0.15, -0.1) is 11.3 Å². The number of furan rings is 1. The number of hydrogen-bond donors (Lipinski definition) is 1. The second kappa shape index (κ2) is 7.09. The molecule has 2 aromatic rings. The molecule has 0 aromatic carbocycles. The summed E-state index contributed by atoms with van der Waals surface area (Å²) in [6, 6.07) is 6.08. The number of likely N-dealkylation sites (N-methyl/N-ethyl adjacent to an activating group) is 1. The fourth-order valence-electron chi connectivity index (χ4n) is 1.71. The molecule has 18 heavy (non-hydrogen) atoms. The number of halogens is 1. The number of hydrogen-bond acceptors (Lipinski definition) is 4. The predicted molar refractivity (Wildman–Crippen MR) is 78.8 cm³/mol. The Kier molecular flexibility index (Phi) is 5.44. The molecule has 0 spiro atoms. The van der Waals surface area contributed by atoms with Gasteiger partial charge in [0, 0.05) is 19.6 Å². The van der Waals surface area contributed by atoms with Crippen LogP contribution in [-0.4, -0.2) is 25.0 Å². The molecule has 0 radical (unpaired) electrons. The highest BCUT2D eigenvalue weighted by Gasteiger charge is 2.02. The summed E-state index contributed by atoms with van der Waals surface area (Å²) in [6.45, 7) is 3.77. The van der Waals surface area contributed by atoms with Crippen molar-refractivity contribution in [2.45, 2.75) is 13.1 Å². The average molecular weight is 329 g/mol. The Morgan fingerprint density at radius 2 is 2.39 bits per heavy atom. The molecule has 0 atom stereocenters. The van der Waals surface area contributed by atoms with E-state index in [9.17, 15) is 0 Å². The van der Waals surface area contributed by atoms with Gasteiger partial charge in [0.15, 0.2) is 0 Å². The summed E-state index contributed by atoms with van der Waals surface area (Å²) in [5.74, 6) is 0.986. The SMILES string of the molecule is CN(CCNCc1ccco1)Cc1csc(Br)c1. The van der Waals surface area contributed by atoms with Crippen molar-refractivity contribution < 1.29 is 4.42 Å². The Balaban J connectivity index is 1.61. The minimum atomic E-state index is 0.796. The molecule has 0 aliphatic heterocycles. The summed E-state index contributed by atoms with van der Waals surface area (Å²) in [5, 5.41) is 5.56. The first kappa shape index (κ1) is 13.8. The molecule has 2 rings (SSSR count). The number of nitrogens with zero attached hydrogens (tertiary/aromatic N) is 1. The monoisotopic (exact) mass is 328 g/mol. The topological polar surface area (TPSA) is 28.4 Å². The van der Waals surface area contributed by atoms with Gasteiger partial charge in [-0.25, -0.2) is 0 Å². The van der Waals surface area contributed by atoms with Gasteiger partial charge in [0.1, 0.15) is 5.76 Å². The zero-order valence-electron chi connectivity index (χ0n) is 10.4. The van der Waals surface area contributed by atoms with Gasteiger partial charge in [0.25, 0.3) is 0 Å². The minimum absolute atomic E-state index is 0.796. The lowest BCUT2D eigenvalue weighted by Gasteiger charge is -2.15. The zero-order chi connectivity index (χ0) is 12.8. The van der Waals surface area contributed by atoms with Crippen LogP contribution < -0.4 is 5.32 Å². The molecule has 2 aromatic heterocycles. The summed E-state index contributed by atoms with van der Waals surface area (Å²) in [5.41, 5.74) is 1.36. The van der Waals surface area contributed by atoms with Crippen LogP contribution in [0.4, 0.5) is 0 Å². The molecular formula is C13H17BrN2OS. The van der Waals surface area contributed by atoms with Crippen LogP contribution in [0.1, 0.15) is 11.3 Å². The van der Waals surface area contributed by atoms with Crippen LogP contribution in [0.25, 0.3) is 0 Å². The summed E-state index contributed by atoms with van der Waals surface area (Å²) < 4.78 is 6.46. The van der Waals surface area contributed by atoms with Gasteiger partial charge in [-0.1, -0.05) is 0 Å². The smallest absolute Gasteiger partial charge is 0.117 e. The van der Waals surface area contributed by atoms with Gasteiger partial charge in [-0.05, 0) is 52.1 Å². The van der Waals surface area contributed by atoms with Crippen LogP contribution >= 0.6 is 27.3 Å². The van der Waals surface area contributed by atoms with Gasteiger partial charge in [0.05, 0.1) is 16.6 Å². The van der Waals surface area contributed by atoms with Crippen molar-refractivity contribution in [2.24, 2.45) is 0 Å². The Hall–Kier alpha value is -0.620. The summed E-state index contributed by atoms with van der Waals surface area (Å²) in [4.78, 5) is 2.31. The molecule has 0 fully saturated rings. The lowest BCUT2D eigenvalue weighted by molar-refractivity contribution is 0.322. The number of thiophene rings is 1. The van der Waals surface area contributed by atoms with Crippen molar-refractivity contribution in [3.63, 3.8) is 0 Å². The lowest BCUT2D eigenvalue weighted by Crippen LogP contribution is -2.28. The molecule has 0 aliphatic carbocycles. The standard InChI is InChI=1S/C13H17BrN2OS/c1-16(9-11-7-13(14)18-10-11)5-4-15-8-12-3-2-6-17-12/h2-3,6-7,10,15H,4-5,8-9H2,1H3.